The molecule has 0 spiro atoms. The molecular formula is C18H25ClN4O3. The molecule has 8 heteroatoms. The minimum absolute atomic E-state index is 0. The number of imide groups is 1. The van der Waals surface area contributed by atoms with Crippen molar-refractivity contribution in [2.45, 2.75) is 38.3 Å². The summed E-state index contributed by atoms with van der Waals surface area (Å²) in [6, 6.07) is 6.95. The lowest BCUT2D eigenvalue weighted by Crippen LogP contribution is -2.49. The fourth-order valence-corrected chi connectivity index (χ4v) is 3.32. The van der Waals surface area contributed by atoms with Gasteiger partial charge in [-0.25, -0.2) is 4.79 Å². The molecule has 0 bridgehead atoms. The van der Waals surface area contributed by atoms with Gasteiger partial charge in [-0.15, -0.1) is 12.4 Å². The third-order valence-corrected chi connectivity index (χ3v) is 4.87. The first kappa shape index (κ1) is 20.2. The van der Waals surface area contributed by atoms with Gasteiger partial charge in [-0.3, -0.25) is 14.5 Å². The van der Waals surface area contributed by atoms with Crippen LogP contribution in [0.5, 0.6) is 0 Å². The first-order chi connectivity index (χ1) is 11.9. The number of carbonyl (C=O) groups excluding carboxylic acids is 3. The predicted octanol–water partition coefficient (Wildman–Crippen LogP) is 1.05. The van der Waals surface area contributed by atoms with E-state index in [1.807, 2.05) is 31.2 Å². The molecule has 1 aromatic rings. The van der Waals surface area contributed by atoms with Crippen LogP contribution >= 0.6 is 12.4 Å². The van der Waals surface area contributed by atoms with Crippen molar-refractivity contribution in [1.29, 1.82) is 0 Å². The van der Waals surface area contributed by atoms with Gasteiger partial charge in [0.2, 0.25) is 5.91 Å². The molecule has 0 radical (unpaired) electrons. The topological polar surface area (TPSA) is 90.5 Å². The molecule has 7 nitrogen and oxygen atoms in total. The smallest absolute Gasteiger partial charge is 0.325 e. The summed E-state index contributed by atoms with van der Waals surface area (Å²) in [4.78, 5) is 38.3. The quantitative estimate of drug-likeness (QED) is 0.681. The van der Waals surface area contributed by atoms with Gasteiger partial charge in [-0.05, 0) is 38.8 Å². The molecule has 2 atom stereocenters. The first-order valence-corrected chi connectivity index (χ1v) is 8.61. The minimum Gasteiger partial charge on any atom is -0.351 e. The van der Waals surface area contributed by atoms with E-state index in [-0.39, 0.29) is 30.9 Å². The van der Waals surface area contributed by atoms with Crippen molar-refractivity contribution in [2.75, 3.05) is 19.6 Å². The van der Waals surface area contributed by atoms with Crippen LogP contribution in [0, 0.1) is 6.92 Å². The van der Waals surface area contributed by atoms with Crippen LogP contribution in [0.25, 0.3) is 0 Å². The summed E-state index contributed by atoms with van der Waals surface area (Å²) in [5.41, 5.74) is 0.634. The number of rotatable bonds is 4. The Labute approximate surface area is 159 Å². The lowest BCUT2D eigenvalue weighted by molar-refractivity contribution is -0.135. The molecule has 3 rings (SSSR count). The van der Waals surface area contributed by atoms with Crippen molar-refractivity contribution < 1.29 is 14.4 Å². The summed E-state index contributed by atoms with van der Waals surface area (Å²) in [5, 5.41) is 8.82. The lowest BCUT2D eigenvalue weighted by Gasteiger charge is -2.25. The molecular weight excluding hydrogens is 356 g/mol. The SMILES string of the molecule is Cc1ccc(C2(C)NC(=O)N(CC(=O)NC3CCCNC3)C2=O)cc1.Cl. The summed E-state index contributed by atoms with van der Waals surface area (Å²) in [6.07, 6.45) is 1.90. The first-order valence-electron chi connectivity index (χ1n) is 8.61. The van der Waals surface area contributed by atoms with Gasteiger partial charge in [0, 0.05) is 12.6 Å². The second-order valence-corrected chi connectivity index (χ2v) is 6.92. The summed E-state index contributed by atoms with van der Waals surface area (Å²) in [7, 11) is 0. The zero-order valence-electron chi connectivity index (χ0n) is 15.0. The maximum Gasteiger partial charge on any atom is 0.325 e. The minimum atomic E-state index is -1.14. The highest BCUT2D eigenvalue weighted by atomic mass is 35.5. The molecule has 4 amide bonds. The van der Waals surface area contributed by atoms with Gasteiger partial charge in [-0.2, -0.15) is 0 Å². The van der Waals surface area contributed by atoms with Gasteiger partial charge in [0.25, 0.3) is 5.91 Å². The van der Waals surface area contributed by atoms with Crippen LogP contribution in [0.3, 0.4) is 0 Å². The maximum atomic E-state index is 12.8. The van der Waals surface area contributed by atoms with E-state index in [0.29, 0.717) is 12.1 Å². The number of benzene rings is 1. The number of nitrogens with zero attached hydrogens (tertiary/aromatic N) is 1. The van der Waals surface area contributed by atoms with Gasteiger partial charge in [0.05, 0.1) is 0 Å². The zero-order valence-corrected chi connectivity index (χ0v) is 15.8. The van der Waals surface area contributed by atoms with E-state index in [0.717, 1.165) is 29.8 Å². The molecule has 2 unspecified atom stereocenters. The molecule has 0 aliphatic carbocycles. The van der Waals surface area contributed by atoms with E-state index in [4.69, 9.17) is 0 Å². The number of nitrogens with one attached hydrogen (secondary N) is 3. The maximum absolute atomic E-state index is 12.8. The Bertz CT molecular complexity index is 688. The number of piperidine rings is 1. The van der Waals surface area contributed by atoms with Crippen LogP contribution in [0.4, 0.5) is 4.79 Å². The third-order valence-electron chi connectivity index (χ3n) is 4.87. The van der Waals surface area contributed by atoms with Crippen molar-refractivity contribution in [3.63, 3.8) is 0 Å². The Balaban J connectivity index is 0.00000243. The number of urea groups is 1. The van der Waals surface area contributed by atoms with E-state index in [2.05, 4.69) is 16.0 Å². The fraction of sp³-hybridized carbons (Fsp3) is 0.500. The molecule has 2 heterocycles. The number of hydrogen-bond acceptors (Lipinski definition) is 4. The van der Waals surface area contributed by atoms with E-state index >= 15 is 0 Å². The van der Waals surface area contributed by atoms with Crippen LogP contribution in [0.1, 0.15) is 30.9 Å². The van der Waals surface area contributed by atoms with Crippen LogP contribution in [-0.4, -0.2) is 48.4 Å². The largest absolute Gasteiger partial charge is 0.351 e. The van der Waals surface area contributed by atoms with Crippen molar-refractivity contribution >= 4 is 30.3 Å². The predicted molar refractivity (Wildman–Crippen MR) is 100 cm³/mol. The van der Waals surface area contributed by atoms with Crippen molar-refractivity contribution in [2.24, 2.45) is 0 Å². The summed E-state index contributed by atoms with van der Waals surface area (Å²) >= 11 is 0. The van der Waals surface area contributed by atoms with Gasteiger partial charge >= 0.3 is 6.03 Å². The van der Waals surface area contributed by atoms with Gasteiger partial charge in [0.15, 0.2) is 0 Å². The molecule has 0 aromatic heterocycles. The van der Waals surface area contributed by atoms with Crippen molar-refractivity contribution in [3.8, 4) is 0 Å². The van der Waals surface area contributed by atoms with Gasteiger partial charge < -0.3 is 16.0 Å². The highest BCUT2D eigenvalue weighted by Gasteiger charge is 2.49. The normalized spacial score (nSPS) is 25.5. The van der Waals surface area contributed by atoms with Gasteiger partial charge in [-0.1, -0.05) is 29.8 Å². The number of halogens is 1. The van der Waals surface area contributed by atoms with Gasteiger partial charge in [0.1, 0.15) is 12.1 Å². The molecule has 2 saturated heterocycles. The molecule has 1 aromatic carbocycles. The Morgan fingerprint density at radius 2 is 2.00 bits per heavy atom. The molecule has 2 aliphatic heterocycles. The molecule has 142 valence electrons. The summed E-state index contributed by atoms with van der Waals surface area (Å²) in [6.45, 7) is 5.03. The molecule has 0 saturated carbocycles. The van der Waals surface area contributed by atoms with E-state index < -0.39 is 17.5 Å². The molecule has 2 aliphatic rings. The number of aryl methyl sites for hydroxylation is 1. The van der Waals surface area contributed by atoms with Crippen LogP contribution in [0.15, 0.2) is 24.3 Å². The fourth-order valence-electron chi connectivity index (χ4n) is 3.32. The average Bonchev–Trinajstić information content (AvgIpc) is 2.80. The Morgan fingerprint density at radius 3 is 2.62 bits per heavy atom. The molecule has 3 N–H and O–H groups in total. The van der Waals surface area contributed by atoms with Crippen molar-refractivity contribution in [1.82, 2.24) is 20.9 Å². The molecule has 2 fully saturated rings. The summed E-state index contributed by atoms with van der Waals surface area (Å²) < 4.78 is 0. The van der Waals surface area contributed by atoms with E-state index in [1.165, 1.54) is 0 Å². The third kappa shape index (κ3) is 3.99. The van der Waals surface area contributed by atoms with Crippen molar-refractivity contribution in [3.05, 3.63) is 35.4 Å². The lowest BCUT2D eigenvalue weighted by atomic mass is 9.91. The Hall–Kier alpha value is -2.12. The average molecular weight is 381 g/mol. The van der Waals surface area contributed by atoms with E-state index in [9.17, 15) is 14.4 Å². The van der Waals surface area contributed by atoms with Crippen LogP contribution in [0.2, 0.25) is 0 Å². The highest BCUT2D eigenvalue weighted by Crippen LogP contribution is 2.28. The van der Waals surface area contributed by atoms with Crippen LogP contribution < -0.4 is 16.0 Å². The number of hydrogen-bond donors (Lipinski definition) is 3. The number of amides is 4. The number of carbonyl (C=O) groups is 3. The standard InChI is InChI=1S/C18H24N4O3.ClH/c1-12-5-7-13(8-6-12)18(2)16(24)22(17(25)21-18)11-15(23)20-14-4-3-9-19-10-14;/h5-8,14,19H,3-4,9-11H2,1-2H3,(H,20,23)(H,21,25);1H. The zero-order chi connectivity index (χ0) is 18.0. The van der Waals surface area contributed by atoms with Crippen LogP contribution in [-0.2, 0) is 15.1 Å². The monoisotopic (exact) mass is 380 g/mol. The molecule has 26 heavy (non-hydrogen) atoms. The van der Waals surface area contributed by atoms with E-state index in [1.54, 1.807) is 6.92 Å². The summed E-state index contributed by atoms with van der Waals surface area (Å²) in [5.74, 6) is -0.719. The Morgan fingerprint density at radius 1 is 1.31 bits per heavy atom. The second-order valence-electron chi connectivity index (χ2n) is 6.92. The second kappa shape index (κ2) is 8.05. The highest BCUT2D eigenvalue weighted by molar-refractivity contribution is 6.09. The Kier molecular flexibility index (Phi) is 6.26.